The topological polar surface area (TPSA) is 81.1 Å². The summed E-state index contributed by atoms with van der Waals surface area (Å²) < 4.78 is 25.6. The predicted molar refractivity (Wildman–Crippen MR) is 52.9 cm³/mol. The van der Waals surface area contributed by atoms with Gasteiger partial charge in [-0.05, 0) is 25.1 Å². The molecule has 0 aromatic carbocycles. The first kappa shape index (κ1) is 13.6. The zero-order valence-corrected chi connectivity index (χ0v) is 8.58. The Hall–Kier alpha value is -0.400. The Morgan fingerprint density at radius 3 is 2.57 bits per heavy atom. The second-order valence-electron chi connectivity index (χ2n) is 2.73. The second kappa shape index (κ2) is 6.97. The number of amides is 1. The Kier molecular flexibility index (Phi) is 6.77. The molecule has 0 radical (unpaired) electrons. The van der Waals surface area contributed by atoms with Crippen molar-refractivity contribution in [3.8, 4) is 0 Å². The van der Waals surface area contributed by atoms with E-state index in [2.05, 4.69) is 5.84 Å². The van der Waals surface area contributed by atoms with Crippen LogP contribution in [0.3, 0.4) is 0 Å². The maximum atomic E-state index is 12.8. The van der Waals surface area contributed by atoms with Gasteiger partial charge in [0.15, 0.2) is 0 Å². The SMILES string of the molecule is NCCCCSCC(F)(F)C(=O)NN. The molecule has 0 unspecified atom stereocenters. The first-order valence-electron chi connectivity index (χ1n) is 4.21. The van der Waals surface area contributed by atoms with Crippen molar-refractivity contribution >= 4 is 17.7 Å². The third kappa shape index (κ3) is 5.36. The molecular formula is C7H15F2N3OS. The molecule has 0 spiro atoms. The fourth-order valence-corrected chi connectivity index (χ4v) is 1.66. The van der Waals surface area contributed by atoms with Crippen molar-refractivity contribution in [2.24, 2.45) is 11.6 Å². The number of carbonyl (C=O) groups excluding carboxylic acids is 1. The zero-order valence-electron chi connectivity index (χ0n) is 7.76. The monoisotopic (exact) mass is 227 g/mol. The summed E-state index contributed by atoms with van der Waals surface area (Å²) in [5.41, 5.74) is 6.66. The lowest BCUT2D eigenvalue weighted by atomic mass is 10.3. The lowest BCUT2D eigenvalue weighted by molar-refractivity contribution is -0.142. The van der Waals surface area contributed by atoms with Crippen molar-refractivity contribution in [1.82, 2.24) is 5.43 Å². The molecular weight excluding hydrogens is 212 g/mol. The van der Waals surface area contributed by atoms with Crippen molar-refractivity contribution in [3.63, 3.8) is 0 Å². The third-order valence-corrected chi connectivity index (χ3v) is 2.63. The number of halogens is 2. The Bertz CT molecular complexity index is 180. The van der Waals surface area contributed by atoms with Crippen molar-refractivity contribution in [2.45, 2.75) is 18.8 Å². The van der Waals surface area contributed by atoms with E-state index in [1.165, 1.54) is 5.43 Å². The second-order valence-corrected chi connectivity index (χ2v) is 3.83. The Morgan fingerprint density at radius 2 is 2.07 bits per heavy atom. The number of nitrogens with one attached hydrogen (secondary N) is 1. The Balaban J connectivity index is 3.60. The molecule has 0 aliphatic rings. The van der Waals surface area contributed by atoms with Gasteiger partial charge in [0.25, 0.3) is 0 Å². The number of alkyl halides is 2. The summed E-state index contributed by atoms with van der Waals surface area (Å²) in [6, 6.07) is 0. The van der Waals surface area contributed by atoms with E-state index in [1.54, 1.807) is 0 Å². The number of thioether (sulfide) groups is 1. The van der Waals surface area contributed by atoms with Gasteiger partial charge >= 0.3 is 11.8 Å². The van der Waals surface area contributed by atoms with Gasteiger partial charge in [0.2, 0.25) is 0 Å². The lowest BCUT2D eigenvalue weighted by Gasteiger charge is -2.13. The quantitative estimate of drug-likeness (QED) is 0.249. The smallest absolute Gasteiger partial charge is 0.330 e. The molecule has 4 nitrogen and oxygen atoms in total. The summed E-state index contributed by atoms with van der Waals surface area (Å²) in [5, 5.41) is 0. The third-order valence-electron chi connectivity index (χ3n) is 1.49. The van der Waals surface area contributed by atoms with Crippen LogP contribution in [0, 0.1) is 0 Å². The molecule has 0 rings (SSSR count). The van der Waals surface area contributed by atoms with E-state index in [9.17, 15) is 13.6 Å². The van der Waals surface area contributed by atoms with Crippen LogP contribution in [-0.4, -0.2) is 29.9 Å². The number of hydrazine groups is 1. The van der Waals surface area contributed by atoms with Gasteiger partial charge in [-0.2, -0.15) is 20.5 Å². The van der Waals surface area contributed by atoms with Crippen molar-refractivity contribution in [2.75, 3.05) is 18.1 Å². The summed E-state index contributed by atoms with van der Waals surface area (Å²) in [7, 11) is 0. The number of unbranched alkanes of at least 4 members (excludes halogenated alkanes) is 1. The van der Waals surface area contributed by atoms with Crippen LogP contribution >= 0.6 is 11.8 Å². The van der Waals surface area contributed by atoms with E-state index in [0.717, 1.165) is 24.6 Å². The van der Waals surface area contributed by atoms with Gasteiger partial charge in [0.05, 0.1) is 5.75 Å². The largest absolute Gasteiger partial charge is 0.334 e. The van der Waals surface area contributed by atoms with Crippen LogP contribution in [-0.2, 0) is 4.79 Å². The molecule has 0 aliphatic heterocycles. The van der Waals surface area contributed by atoms with Crippen molar-refractivity contribution < 1.29 is 13.6 Å². The summed E-state index contributed by atoms with van der Waals surface area (Å²) >= 11 is 1.02. The minimum absolute atomic E-state index is 0.541. The van der Waals surface area contributed by atoms with Gasteiger partial charge in [-0.1, -0.05) is 0 Å². The van der Waals surface area contributed by atoms with E-state index in [1.807, 2.05) is 0 Å². The fraction of sp³-hybridized carbons (Fsp3) is 0.857. The molecule has 0 saturated carbocycles. The lowest BCUT2D eigenvalue weighted by Crippen LogP contribution is -2.45. The molecule has 0 aromatic heterocycles. The minimum atomic E-state index is -3.39. The zero-order chi connectivity index (χ0) is 11.0. The molecule has 0 saturated heterocycles. The standard InChI is InChI=1S/C7H15F2N3OS/c8-7(9,6(13)12-11)5-14-4-2-1-3-10/h1-5,10-11H2,(H,12,13). The molecule has 0 atom stereocenters. The molecule has 0 aliphatic carbocycles. The number of nitrogens with two attached hydrogens (primary N) is 2. The summed E-state index contributed by atoms with van der Waals surface area (Å²) in [4.78, 5) is 10.5. The maximum absolute atomic E-state index is 12.8. The van der Waals surface area contributed by atoms with Crippen LogP contribution in [0.2, 0.25) is 0 Å². The summed E-state index contributed by atoms with van der Waals surface area (Å²) in [5.74, 6) is -0.190. The van der Waals surface area contributed by atoms with Crippen molar-refractivity contribution in [1.29, 1.82) is 0 Å². The van der Waals surface area contributed by atoms with Gasteiger partial charge in [0, 0.05) is 0 Å². The van der Waals surface area contributed by atoms with Crippen LogP contribution in [0.15, 0.2) is 0 Å². The highest BCUT2D eigenvalue weighted by molar-refractivity contribution is 7.99. The maximum Gasteiger partial charge on any atom is 0.334 e. The molecule has 84 valence electrons. The number of rotatable bonds is 7. The Labute approximate surface area is 85.7 Å². The van der Waals surface area contributed by atoms with Gasteiger partial charge in [-0.25, -0.2) is 5.84 Å². The van der Waals surface area contributed by atoms with E-state index >= 15 is 0 Å². The minimum Gasteiger partial charge on any atom is -0.330 e. The predicted octanol–water partition coefficient (Wildman–Crippen LogP) is 0.0837. The first-order valence-corrected chi connectivity index (χ1v) is 5.36. The summed E-state index contributed by atoms with van der Waals surface area (Å²) in [6.07, 6.45) is 1.59. The highest BCUT2D eigenvalue weighted by atomic mass is 32.2. The summed E-state index contributed by atoms with van der Waals surface area (Å²) in [6.45, 7) is 0.556. The average Bonchev–Trinajstić information content (AvgIpc) is 2.16. The number of hydrogen-bond acceptors (Lipinski definition) is 4. The Morgan fingerprint density at radius 1 is 1.43 bits per heavy atom. The van der Waals surface area contributed by atoms with Gasteiger partial charge in [-0.15, -0.1) is 0 Å². The van der Waals surface area contributed by atoms with Crippen LogP contribution in [0.5, 0.6) is 0 Å². The molecule has 0 aromatic rings. The molecule has 0 bridgehead atoms. The van der Waals surface area contributed by atoms with Crippen LogP contribution < -0.4 is 17.0 Å². The van der Waals surface area contributed by atoms with Gasteiger partial charge in [-0.3, -0.25) is 10.2 Å². The molecule has 0 heterocycles. The van der Waals surface area contributed by atoms with E-state index in [4.69, 9.17) is 5.73 Å². The van der Waals surface area contributed by atoms with Crippen LogP contribution in [0.1, 0.15) is 12.8 Å². The highest BCUT2D eigenvalue weighted by Crippen LogP contribution is 2.20. The fourth-order valence-electron chi connectivity index (χ4n) is 0.720. The first-order chi connectivity index (χ1) is 6.54. The average molecular weight is 227 g/mol. The molecule has 7 heteroatoms. The molecule has 1 amide bonds. The molecule has 0 fully saturated rings. The van der Waals surface area contributed by atoms with E-state index in [-0.39, 0.29) is 0 Å². The van der Waals surface area contributed by atoms with Gasteiger partial charge in [0.1, 0.15) is 0 Å². The number of hydrogen-bond donors (Lipinski definition) is 3. The van der Waals surface area contributed by atoms with Crippen LogP contribution in [0.25, 0.3) is 0 Å². The van der Waals surface area contributed by atoms with E-state index < -0.39 is 17.6 Å². The van der Waals surface area contributed by atoms with Crippen molar-refractivity contribution in [3.05, 3.63) is 0 Å². The van der Waals surface area contributed by atoms with Crippen LogP contribution in [0.4, 0.5) is 8.78 Å². The molecule has 14 heavy (non-hydrogen) atoms. The van der Waals surface area contributed by atoms with E-state index in [0.29, 0.717) is 12.3 Å². The van der Waals surface area contributed by atoms with Gasteiger partial charge < -0.3 is 5.73 Å². The highest BCUT2D eigenvalue weighted by Gasteiger charge is 2.37. The molecule has 5 N–H and O–H groups in total. The normalized spacial score (nSPS) is 11.4. The number of carbonyl (C=O) groups is 1.